The second kappa shape index (κ2) is 7.61. The van der Waals surface area contributed by atoms with E-state index in [-0.39, 0.29) is 17.6 Å². The molecule has 2 amide bonds. The van der Waals surface area contributed by atoms with Crippen LogP contribution in [-0.4, -0.2) is 31.1 Å². The fourth-order valence-corrected chi connectivity index (χ4v) is 4.94. The van der Waals surface area contributed by atoms with E-state index in [2.05, 4.69) is 6.58 Å². The van der Waals surface area contributed by atoms with E-state index >= 15 is 0 Å². The van der Waals surface area contributed by atoms with Crippen molar-refractivity contribution in [3.63, 3.8) is 0 Å². The third kappa shape index (κ3) is 2.93. The van der Waals surface area contributed by atoms with Crippen LogP contribution in [0.2, 0.25) is 0 Å². The summed E-state index contributed by atoms with van der Waals surface area (Å²) < 4.78 is 10.8. The lowest BCUT2D eigenvalue weighted by atomic mass is 9.59. The lowest BCUT2D eigenvalue weighted by Gasteiger charge is -2.40. The highest BCUT2D eigenvalue weighted by atomic mass is 16.5. The van der Waals surface area contributed by atoms with Gasteiger partial charge in [-0.1, -0.05) is 36.9 Å². The molecule has 0 aromatic heterocycles. The lowest BCUT2D eigenvalue weighted by Crippen LogP contribution is -2.41. The molecule has 1 N–H and O–H groups in total. The van der Waals surface area contributed by atoms with Crippen LogP contribution in [0.5, 0.6) is 17.2 Å². The monoisotopic (exact) mass is 419 g/mol. The Morgan fingerprint density at radius 1 is 1.16 bits per heavy atom. The van der Waals surface area contributed by atoms with E-state index in [1.54, 1.807) is 43.3 Å². The molecule has 1 saturated heterocycles. The molecule has 3 atom stereocenters. The number of para-hydroxylation sites is 1. The number of carbonyl (C=O) groups is 2. The Hall–Kier alpha value is -3.54. The van der Waals surface area contributed by atoms with Crippen molar-refractivity contribution < 1.29 is 24.2 Å². The lowest BCUT2D eigenvalue weighted by molar-refractivity contribution is -0.127. The zero-order valence-corrected chi connectivity index (χ0v) is 17.8. The number of rotatable bonds is 5. The number of phenols is 1. The van der Waals surface area contributed by atoms with Crippen LogP contribution in [0.15, 0.2) is 66.8 Å². The first-order chi connectivity index (χ1) is 14.9. The van der Waals surface area contributed by atoms with Crippen molar-refractivity contribution in [3.8, 4) is 17.2 Å². The highest BCUT2D eigenvalue weighted by Crippen LogP contribution is 2.59. The third-order valence-corrected chi connectivity index (χ3v) is 6.52. The quantitative estimate of drug-likeness (QED) is 0.735. The smallest absolute Gasteiger partial charge is 0.241 e. The molecule has 3 unspecified atom stereocenters. The van der Waals surface area contributed by atoms with Crippen molar-refractivity contribution in [2.24, 2.45) is 11.3 Å². The summed E-state index contributed by atoms with van der Waals surface area (Å²) in [4.78, 5) is 28.5. The topological polar surface area (TPSA) is 76.1 Å². The first-order valence-electron chi connectivity index (χ1n) is 10.1. The Bertz CT molecular complexity index is 1090. The van der Waals surface area contributed by atoms with E-state index in [0.29, 0.717) is 29.2 Å². The average molecular weight is 419 g/mol. The van der Waals surface area contributed by atoms with E-state index < -0.39 is 17.3 Å². The highest BCUT2D eigenvalue weighted by Gasteiger charge is 2.62. The molecule has 31 heavy (non-hydrogen) atoms. The summed E-state index contributed by atoms with van der Waals surface area (Å²) in [5, 5.41) is 10.9. The van der Waals surface area contributed by atoms with Gasteiger partial charge in [-0.05, 0) is 31.1 Å². The first kappa shape index (κ1) is 20.7. The number of amides is 2. The number of methoxy groups -OCH3 is 2. The summed E-state index contributed by atoms with van der Waals surface area (Å²) in [6, 6.07) is 12.1. The molecule has 1 heterocycles. The number of imide groups is 1. The molecule has 0 spiro atoms. The number of aromatic hydroxyl groups is 1. The highest BCUT2D eigenvalue weighted by molar-refractivity contribution is 6.24. The molecule has 4 rings (SSSR count). The van der Waals surface area contributed by atoms with Gasteiger partial charge >= 0.3 is 0 Å². The fraction of sp³-hybridized carbons (Fsp3) is 0.280. The van der Waals surface area contributed by atoms with Gasteiger partial charge in [0, 0.05) is 23.6 Å². The number of hydrogen-bond donors (Lipinski definition) is 1. The number of nitrogens with zero attached hydrogens (tertiary/aromatic N) is 1. The molecule has 0 saturated carbocycles. The van der Waals surface area contributed by atoms with Crippen LogP contribution < -0.4 is 14.4 Å². The molecule has 0 bridgehead atoms. The van der Waals surface area contributed by atoms with Gasteiger partial charge in [-0.3, -0.25) is 9.59 Å². The number of phenolic OH excluding ortho intramolecular Hbond substituents is 1. The Balaban J connectivity index is 1.93. The zero-order chi connectivity index (χ0) is 22.3. The fourth-order valence-electron chi connectivity index (χ4n) is 4.94. The van der Waals surface area contributed by atoms with Gasteiger partial charge in [-0.25, -0.2) is 4.90 Å². The predicted octanol–water partition coefficient (Wildman–Crippen LogP) is 4.21. The number of anilines is 1. The van der Waals surface area contributed by atoms with E-state index in [4.69, 9.17) is 9.47 Å². The van der Waals surface area contributed by atoms with Crippen molar-refractivity contribution >= 4 is 17.5 Å². The zero-order valence-electron chi connectivity index (χ0n) is 17.8. The Morgan fingerprint density at radius 3 is 2.48 bits per heavy atom. The Labute approximate surface area is 181 Å². The molecule has 1 fully saturated rings. The van der Waals surface area contributed by atoms with Crippen molar-refractivity contribution in [1.29, 1.82) is 0 Å². The number of benzene rings is 2. The van der Waals surface area contributed by atoms with E-state index in [1.807, 2.05) is 12.1 Å². The van der Waals surface area contributed by atoms with Crippen molar-refractivity contribution in [2.75, 3.05) is 19.1 Å². The summed E-state index contributed by atoms with van der Waals surface area (Å²) in [6.45, 7) is 5.72. The summed E-state index contributed by atoms with van der Waals surface area (Å²) in [5.41, 5.74) is 0.633. The molecule has 1 aliphatic heterocycles. The minimum Gasteiger partial charge on any atom is -0.507 e. The number of hydrogen-bond acceptors (Lipinski definition) is 5. The van der Waals surface area contributed by atoms with Crippen molar-refractivity contribution in [2.45, 2.75) is 19.3 Å². The van der Waals surface area contributed by atoms with Crippen molar-refractivity contribution in [1.82, 2.24) is 0 Å². The minimum atomic E-state index is -1.12. The number of fused-ring (bicyclic) bond motifs is 1. The van der Waals surface area contributed by atoms with Gasteiger partial charge in [0.1, 0.15) is 17.2 Å². The van der Waals surface area contributed by atoms with E-state index in [0.717, 1.165) is 5.57 Å². The summed E-state index contributed by atoms with van der Waals surface area (Å²) in [7, 11) is 2.99. The predicted molar refractivity (Wildman–Crippen MR) is 117 cm³/mol. The minimum absolute atomic E-state index is 0.0609. The normalized spacial score (nSPS) is 25.1. The number of carbonyl (C=O) groups excluding carboxylic acids is 2. The van der Waals surface area contributed by atoms with Crippen LogP contribution in [0.25, 0.3) is 0 Å². The molecular weight excluding hydrogens is 394 g/mol. The molecule has 2 aliphatic rings. The molecule has 1 aliphatic carbocycles. The van der Waals surface area contributed by atoms with Crippen molar-refractivity contribution in [3.05, 3.63) is 72.3 Å². The largest absolute Gasteiger partial charge is 0.507 e. The molecule has 160 valence electrons. The van der Waals surface area contributed by atoms with Crippen LogP contribution in [0, 0.1) is 11.3 Å². The summed E-state index contributed by atoms with van der Waals surface area (Å²) in [5.74, 6) is -0.975. The molecule has 2 aromatic rings. The van der Waals surface area contributed by atoms with Gasteiger partial charge in [-0.15, -0.1) is 0 Å². The maximum atomic E-state index is 13.8. The SMILES string of the molecule is C=CC1=CCC2C(=O)N(c3ccccc3)C(=O)C2(C)C1c1c(O)cc(OC)cc1OC. The van der Waals surface area contributed by atoms with Crippen LogP contribution in [0.3, 0.4) is 0 Å². The average Bonchev–Trinajstić information content (AvgIpc) is 2.98. The maximum Gasteiger partial charge on any atom is 0.241 e. The molecular formula is C25H25NO5. The number of allylic oxidation sites excluding steroid dienone is 3. The van der Waals surface area contributed by atoms with E-state index in [1.165, 1.54) is 25.2 Å². The summed E-state index contributed by atoms with van der Waals surface area (Å²) >= 11 is 0. The van der Waals surface area contributed by atoms with Gasteiger partial charge < -0.3 is 14.6 Å². The van der Waals surface area contributed by atoms with Gasteiger partial charge in [-0.2, -0.15) is 0 Å². The molecule has 6 heteroatoms. The third-order valence-electron chi connectivity index (χ3n) is 6.52. The first-order valence-corrected chi connectivity index (χ1v) is 10.1. The van der Waals surface area contributed by atoms with Crippen LogP contribution >= 0.6 is 0 Å². The van der Waals surface area contributed by atoms with Gasteiger partial charge in [0.25, 0.3) is 0 Å². The van der Waals surface area contributed by atoms with Gasteiger partial charge in [0.2, 0.25) is 11.8 Å². The Morgan fingerprint density at radius 2 is 1.87 bits per heavy atom. The molecule has 0 radical (unpaired) electrons. The second-order valence-electron chi connectivity index (χ2n) is 7.99. The van der Waals surface area contributed by atoms with Crippen LogP contribution in [0.1, 0.15) is 24.8 Å². The van der Waals surface area contributed by atoms with Gasteiger partial charge in [0.15, 0.2) is 0 Å². The molecule has 6 nitrogen and oxygen atoms in total. The van der Waals surface area contributed by atoms with Gasteiger partial charge in [0.05, 0.1) is 31.2 Å². The molecule has 2 aromatic carbocycles. The van der Waals surface area contributed by atoms with E-state index in [9.17, 15) is 14.7 Å². The number of ether oxygens (including phenoxy) is 2. The van der Waals surface area contributed by atoms with Crippen LogP contribution in [-0.2, 0) is 9.59 Å². The summed E-state index contributed by atoms with van der Waals surface area (Å²) in [6.07, 6.45) is 4.02. The second-order valence-corrected chi connectivity index (χ2v) is 7.99. The van der Waals surface area contributed by atoms with Crippen LogP contribution in [0.4, 0.5) is 5.69 Å². The maximum absolute atomic E-state index is 13.8. The standard InChI is InChI=1S/C25H25NO5/c1-5-15-11-12-18-23(28)26(16-9-7-6-8-10-16)24(29)25(18,2)22(15)21-19(27)13-17(30-3)14-20(21)31-4/h5-11,13-14,18,22,27H,1,12H2,2-4H3. The Kier molecular flexibility index (Phi) is 5.09.